The molecule has 0 radical (unpaired) electrons. The number of benzene rings is 2. The number of carbonyl (C=O) groups is 1. The van der Waals surface area contributed by atoms with Crippen LogP contribution in [0.1, 0.15) is 11.1 Å². The van der Waals surface area contributed by atoms with Crippen LogP contribution in [0.3, 0.4) is 0 Å². The number of ether oxygens (including phenoxy) is 1. The van der Waals surface area contributed by atoms with Crippen molar-refractivity contribution in [2.45, 2.75) is 13.0 Å². The van der Waals surface area contributed by atoms with Gasteiger partial charge in [0.1, 0.15) is 5.82 Å². The molecule has 0 bridgehead atoms. The van der Waals surface area contributed by atoms with E-state index in [2.05, 4.69) is 19.9 Å². The second kappa shape index (κ2) is 9.01. The van der Waals surface area contributed by atoms with Crippen molar-refractivity contribution in [3.8, 4) is 5.88 Å². The lowest BCUT2D eigenvalue weighted by Gasteiger charge is -2.36. The molecule has 0 fully saturated rings. The van der Waals surface area contributed by atoms with Crippen molar-refractivity contribution in [3.63, 3.8) is 0 Å². The lowest BCUT2D eigenvalue weighted by molar-refractivity contribution is 0.0796. The van der Waals surface area contributed by atoms with E-state index in [1.165, 1.54) is 11.0 Å². The van der Waals surface area contributed by atoms with Gasteiger partial charge in [-0.2, -0.15) is 4.98 Å². The van der Waals surface area contributed by atoms with Gasteiger partial charge in [0, 0.05) is 41.8 Å². The van der Waals surface area contributed by atoms with Crippen LogP contribution in [0.25, 0.3) is 11.0 Å². The van der Waals surface area contributed by atoms with Crippen LogP contribution >= 0.6 is 0 Å². The maximum absolute atomic E-state index is 13.9. The number of nitrogen functional groups attached to an aromatic ring is 1. The minimum atomic E-state index is -2.64. The molecule has 0 spiro atoms. The number of hydrogen-bond donors (Lipinski definition) is 2. The smallest absolute Gasteiger partial charge is 0.335 e. The summed E-state index contributed by atoms with van der Waals surface area (Å²) >= 11 is 0. The summed E-state index contributed by atoms with van der Waals surface area (Å²) in [6.07, 6.45) is 0.543. The number of nitrogens with one attached hydrogen (secondary N) is 1. The number of halogens is 2. The number of aromatic amines is 1. The number of aliphatic imine (C=N–C) groups is 1. The van der Waals surface area contributed by atoms with Gasteiger partial charge in [-0.3, -0.25) is 9.89 Å². The van der Waals surface area contributed by atoms with Gasteiger partial charge in [-0.15, -0.1) is 0 Å². The molecule has 2 amide bonds. The Labute approximate surface area is 198 Å². The fourth-order valence-electron chi connectivity index (χ4n) is 3.93. The summed E-state index contributed by atoms with van der Waals surface area (Å²) in [4.78, 5) is 32.6. The SMILES string of the molecule is CN=Cc1cc(N2Cc3ccc(OCC(F)F)nc3N(c3ccc4nc[nH]c4c3)C2=O)ccc1N. The van der Waals surface area contributed by atoms with E-state index >= 15 is 0 Å². The Balaban J connectivity index is 1.62. The highest BCUT2D eigenvalue weighted by Crippen LogP contribution is 2.38. The number of alkyl halides is 2. The van der Waals surface area contributed by atoms with Crippen LogP contribution in [0.2, 0.25) is 0 Å². The first-order valence-corrected chi connectivity index (χ1v) is 10.7. The number of imidazole rings is 1. The van der Waals surface area contributed by atoms with Gasteiger partial charge in [-0.1, -0.05) is 0 Å². The molecule has 4 aromatic rings. The number of urea groups is 1. The third-order valence-electron chi connectivity index (χ3n) is 5.56. The molecule has 2 aromatic heterocycles. The summed E-state index contributed by atoms with van der Waals surface area (Å²) in [5, 5.41) is 0. The van der Waals surface area contributed by atoms with Crippen LogP contribution in [0.15, 0.2) is 59.9 Å². The number of nitrogens with zero attached hydrogens (tertiary/aromatic N) is 5. The van der Waals surface area contributed by atoms with Gasteiger partial charge >= 0.3 is 6.03 Å². The molecule has 11 heteroatoms. The fourth-order valence-corrected chi connectivity index (χ4v) is 3.93. The van der Waals surface area contributed by atoms with Crippen molar-refractivity contribution in [1.29, 1.82) is 0 Å². The van der Waals surface area contributed by atoms with Crippen LogP contribution in [0.5, 0.6) is 5.88 Å². The third-order valence-corrected chi connectivity index (χ3v) is 5.56. The zero-order chi connectivity index (χ0) is 24.5. The molecule has 0 saturated heterocycles. The van der Waals surface area contributed by atoms with E-state index in [9.17, 15) is 13.6 Å². The van der Waals surface area contributed by atoms with Crippen LogP contribution in [0, 0.1) is 0 Å². The Morgan fingerprint density at radius 1 is 1.20 bits per heavy atom. The van der Waals surface area contributed by atoms with Crippen molar-refractivity contribution >= 4 is 46.2 Å². The number of amides is 2. The van der Waals surface area contributed by atoms with E-state index in [0.29, 0.717) is 34.0 Å². The van der Waals surface area contributed by atoms with Crippen LogP contribution in [0.4, 0.5) is 36.5 Å². The summed E-state index contributed by atoms with van der Waals surface area (Å²) in [6, 6.07) is 13.4. The molecule has 0 unspecified atom stereocenters. The van der Waals surface area contributed by atoms with Gasteiger partial charge < -0.3 is 15.5 Å². The lowest BCUT2D eigenvalue weighted by atomic mass is 10.1. The zero-order valence-electron chi connectivity index (χ0n) is 18.7. The lowest BCUT2D eigenvalue weighted by Crippen LogP contribution is -2.45. The van der Waals surface area contributed by atoms with E-state index in [1.807, 2.05) is 0 Å². The van der Waals surface area contributed by atoms with E-state index in [4.69, 9.17) is 10.5 Å². The quantitative estimate of drug-likeness (QED) is 0.313. The summed E-state index contributed by atoms with van der Waals surface area (Å²) in [5.74, 6) is 0.314. The predicted octanol–water partition coefficient (Wildman–Crippen LogP) is 4.51. The molecular weight excluding hydrogens is 456 g/mol. The minimum absolute atomic E-state index is 0.00634. The van der Waals surface area contributed by atoms with Crippen molar-refractivity contribution in [2.75, 3.05) is 29.2 Å². The largest absolute Gasteiger partial charge is 0.472 e. The molecule has 1 aliphatic rings. The zero-order valence-corrected chi connectivity index (χ0v) is 18.7. The molecule has 0 aliphatic carbocycles. The summed E-state index contributed by atoms with van der Waals surface area (Å²) < 4.78 is 30.5. The Morgan fingerprint density at radius 2 is 2.03 bits per heavy atom. The van der Waals surface area contributed by atoms with Gasteiger partial charge in [-0.05, 0) is 42.5 Å². The number of rotatable bonds is 6. The highest BCUT2D eigenvalue weighted by atomic mass is 19.3. The van der Waals surface area contributed by atoms with Crippen molar-refractivity contribution in [3.05, 3.63) is 66.0 Å². The minimum Gasteiger partial charge on any atom is -0.472 e. The Hall–Kier alpha value is -4.54. The second-order valence-corrected chi connectivity index (χ2v) is 7.84. The number of hydrogen-bond acceptors (Lipinski definition) is 6. The van der Waals surface area contributed by atoms with Gasteiger partial charge in [0.25, 0.3) is 6.43 Å². The molecule has 9 nitrogen and oxygen atoms in total. The van der Waals surface area contributed by atoms with Crippen LogP contribution in [-0.4, -0.2) is 47.3 Å². The standard InChI is InChI=1S/C24H21F2N7O2/c1-28-10-15-8-16(3-5-18(15)27)32-11-14-2-7-22(35-12-21(25)26)31-23(14)33(24(32)34)17-4-6-19-20(9-17)30-13-29-19/h2-10,13,21H,11-12,27H2,1H3,(H,29,30). The summed E-state index contributed by atoms with van der Waals surface area (Å²) in [6.45, 7) is -0.578. The van der Waals surface area contributed by atoms with Gasteiger partial charge in [0.05, 0.1) is 29.6 Å². The van der Waals surface area contributed by atoms with E-state index < -0.39 is 13.0 Å². The molecule has 0 saturated carbocycles. The molecule has 35 heavy (non-hydrogen) atoms. The molecule has 2 aromatic carbocycles. The van der Waals surface area contributed by atoms with Crippen molar-refractivity contribution in [1.82, 2.24) is 15.0 Å². The van der Waals surface area contributed by atoms with Crippen molar-refractivity contribution < 1.29 is 18.3 Å². The average molecular weight is 477 g/mol. The average Bonchev–Trinajstić information content (AvgIpc) is 3.32. The maximum Gasteiger partial charge on any atom is 0.335 e. The monoisotopic (exact) mass is 477 g/mol. The molecular formula is C24H21F2N7O2. The number of fused-ring (bicyclic) bond motifs is 2. The van der Waals surface area contributed by atoms with E-state index in [1.54, 1.807) is 67.0 Å². The highest BCUT2D eigenvalue weighted by Gasteiger charge is 2.34. The summed E-state index contributed by atoms with van der Waals surface area (Å²) in [5.41, 5.74) is 10.6. The summed E-state index contributed by atoms with van der Waals surface area (Å²) in [7, 11) is 1.64. The molecule has 5 rings (SSSR count). The Bertz CT molecular complexity index is 1440. The molecule has 178 valence electrons. The highest BCUT2D eigenvalue weighted by molar-refractivity contribution is 6.11. The number of nitrogens with two attached hydrogens (primary N) is 1. The number of anilines is 4. The predicted molar refractivity (Wildman–Crippen MR) is 130 cm³/mol. The van der Waals surface area contributed by atoms with Gasteiger partial charge in [0.2, 0.25) is 5.88 Å². The first kappa shape index (κ1) is 22.3. The number of H-pyrrole nitrogens is 1. The maximum atomic E-state index is 13.9. The molecule has 3 N–H and O–H groups in total. The third kappa shape index (κ3) is 4.23. The fraction of sp³-hybridized carbons (Fsp3) is 0.167. The van der Waals surface area contributed by atoms with Gasteiger partial charge in [-0.25, -0.2) is 23.5 Å². The molecule has 0 atom stereocenters. The molecule has 1 aliphatic heterocycles. The Morgan fingerprint density at radius 3 is 2.83 bits per heavy atom. The number of carbonyl (C=O) groups excluding carboxylic acids is 1. The van der Waals surface area contributed by atoms with Crippen LogP contribution < -0.4 is 20.3 Å². The van der Waals surface area contributed by atoms with E-state index in [-0.39, 0.29) is 18.5 Å². The normalized spacial score (nSPS) is 13.8. The second-order valence-electron chi connectivity index (χ2n) is 7.84. The van der Waals surface area contributed by atoms with Crippen molar-refractivity contribution in [2.24, 2.45) is 4.99 Å². The van der Waals surface area contributed by atoms with Crippen LogP contribution in [-0.2, 0) is 6.54 Å². The number of pyridine rings is 1. The number of aromatic nitrogens is 3. The Kier molecular flexibility index (Phi) is 5.73. The first-order valence-electron chi connectivity index (χ1n) is 10.7. The molecule has 3 heterocycles. The van der Waals surface area contributed by atoms with Gasteiger partial charge in [0.15, 0.2) is 6.61 Å². The van der Waals surface area contributed by atoms with E-state index in [0.717, 1.165) is 11.0 Å². The topological polar surface area (TPSA) is 113 Å². The first-order chi connectivity index (χ1) is 16.9.